The maximum atomic E-state index is 13.0. The Bertz CT molecular complexity index is 1230. The van der Waals surface area contributed by atoms with Gasteiger partial charge in [0.1, 0.15) is 5.75 Å². The number of carbonyl (C=O) groups is 3. The van der Waals surface area contributed by atoms with Gasteiger partial charge in [-0.15, -0.1) is 0 Å². The van der Waals surface area contributed by atoms with Gasteiger partial charge in [-0.2, -0.15) is 5.26 Å². The number of ketones is 1. The number of esters is 1. The molecular formula is C28H26N2O5. The number of hydrogen-bond donors (Lipinski definition) is 0. The Morgan fingerprint density at radius 1 is 0.914 bits per heavy atom. The lowest BCUT2D eigenvalue weighted by molar-refractivity contribution is -0.121. The molecule has 0 aromatic heterocycles. The lowest BCUT2D eigenvalue weighted by Crippen LogP contribution is -2.35. The van der Waals surface area contributed by atoms with Gasteiger partial charge in [0.2, 0.25) is 0 Å². The second-order valence-electron chi connectivity index (χ2n) is 7.70. The van der Waals surface area contributed by atoms with E-state index in [0.29, 0.717) is 23.6 Å². The van der Waals surface area contributed by atoms with E-state index in [9.17, 15) is 14.4 Å². The molecule has 0 saturated heterocycles. The van der Waals surface area contributed by atoms with Crippen molar-refractivity contribution in [3.63, 3.8) is 0 Å². The van der Waals surface area contributed by atoms with Gasteiger partial charge in [0.05, 0.1) is 24.7 Å². The van der Waals surface area contributed by atoms with Gasteiger partial charge < -0.3 is 14.4 Å². The highest BCUT2D eigenvalue weighted by Gasteiger charge is 2.22. The van der Waals surface area contributed by atoms with Crippen LogP contribution in [0.15, 0.2) is 72.8 Å². The second-order valence-corrected chi connectivity index (χ2v) is 7.70. The van der Waals surface area contributed by atoms with Gasteiger partial charge >= 0.3 is 5.97 Å². The highest BCUT2D eigenvalue weighted by atomic mass is 16.5. The summed E-state index contributed by atoms with van der Waals surface area (Å²) in [6.45, 7) is 3.91. The zero-order valence-corrected chi connectivity index (χ0v) is 19.7. The molecule has 3 aromatic rings. The summed E-state index contributed by atoms with van der Waals surface area (Å²) >= 11 is 0. The molecule has 0 fully saturated rings. The molecule has 35 heavy (non-hydrogen) atoms. The number of anilines is 1. The van der Waals surface area contributed by atoms with Crippen molar-refractivity contribution in [1.29, 1.82) is 5.26 Å². The Labute approximate surface area is 204 Å². The molecule has 0 aliphatic carbocycles. The van der Waals surface area contributed by atoms with Crippen molar-refractivity contribution in [3.05, 3.63) is 95.1 Å². The Morgan fingerprint density at radius 2 is 1.57 bits per heavy atom. The fourth-order valence-electron chi connectivity index (χ4n) is 3.45. The first-order valence-electron chi connectivity index (χ1n) is 11.2. The van der Waals surface area contributed by atoms with E-state index in [1.54, 1.807) is 54.6 Å². The molecule has 0 N–H and O–H groups in total. The van der Waals surface area contributed by atoms with Crippen LogP contribution in [0.1, 0.15) is 45.2 Å². The van der Waals surface area contributed by atoms with Crippen LogP contribution in [-0.2, 0) is 9.53 Å². The third kappa shape index (κ3) is 6.55. The number of hydrogen-bond acceptors (Lipinski definition) is 6. The van der Waals surface area contributed by atoms with E-state index < -0.39 is 18.5 Å². The van der Waals surface area contributed by atoms with Gasteiger partial charge in [0.15, 0.2) is 12.4 Å². The fourth-order valence-corrected chi connectivity index (χ4v) is 3.45. The van der Waals surface area contributed by atoms with E-state index in [1.165, 1.54) is 11.0 Å². The largest absolute Gasteiger partial charge is 0.494 e. The summed E-state index contributed by atoms with van der Waals surface area (Å²) in [5.74, 6) is -0.916. The molecule has 178 valence electrons. The fraction of sp³-hybridized carbons (Fsp3) is 0.214. The summed E-state index contributed by atoms with van der Waals surface area (Å²) in [6.07, 6.45) is 0.112. The summed E-state index contributed by atoms with van der Waals surface area (Å²) in [6, 6.07) is 22.3. The molecule has 3 rings (SSSR count). The van der Waals surface area contributed by atoms with E-state index in [-0.39, 0.29) is 29.9 Å². The molecule has 0 unspecified atom stereocenters. The van der Waals surface area contributed by atoms with Crippen molar-refractivity contribution in [2.75, 3.05) is 24.7 Å². The molecule has 0 atom stereocenters. The number of rotatable bonds is 10. The molecule has 0 spiro atoms. The minimum Gasteiger partial charge on any atom is -0.494 e. The highest BCUT2D eigenvalue weighted by Crippen LogP contribution is 2.21. The van der Waals surface area contributed by atoms with E-state index in [4.69, 9.17) is 14.7 Å². The van der Waals surface area contributed by atoms with Crippen molar-refractivity contribution in [1.82, 2.24) is 0 Å². The van der Waals surface area contributed by atoms with Crippen molar-refractivity contribution in [3.8, 4) is 11.8 Å². The minimum absolute atomic E-state index is 0.0792. The van der Waals surface area contributed by atoms with E-state index in [1.807, 2.05) is 32.0 Å². The van der Waals surface area contributed by atoms with Gasteiger partial charge in [-0.3, -0.25) is 9.59 Å². The molecule has 0 bridgehead atoms. The zero-order valence-electron chi connectivity index (χ0n) is 19.7. The Balaban J connectivity index is 1.74. The summed E-state index contributed by atoms with van der Waals surface area (Å²) in [4.78, 5) is 40.1. The monoisotopic (exact) mass is 470 g/mol. The number of aryl methyl sites for hydroxylation is 1. The third-order valence-corrected chi connectivity index (χ3v) is 5.24. The lowest BCUT2D eigenvalue weighted by Gasteiger charge is -2.22. The predicted molar refractivity (Wildman–Crippen MR) is 132 cm³/mol. The van der Waals surface area contributed by atoms with E-state index >= 15 is 0 Å². The predicted octanol–water partition coefficient (Wildman–Crippen LogP) is 4.73. The number of amides is 1. The SMILES string of the molecule is CCOc1ccc(N(CCC#N)C(=O)COC(=O)c2ccccc2C(=O)c2ccc(C)cc2)cc1. The van der Waals surface area contributed by atoms with Crippen LogP contribution in [0.3, 0.4) is 0 Å². The number of nitriles is 1. The van der Waals surface area contributed by atoms with Crippen LogP contribution in [0, 0.1) is 18.3 Å². The van der Waals surface area contributed by atoms with Crippen LogP contribution in [0.2, 0.25) is 0 Å². The molecule has 0 saturated carbocycles. The average Bonchev–Trinajstić information content (AvgIpc) is 2.88. The molecule has 3 aromatic carbocycles. The summed E-state index contributed by atoms with van der Waals surface area (Å²) in [5.41, 5.74) is 2.29. The van der Waals surface area contributed by atoms with E-state index in [0.717, 1.165) is 5.56 Å². The first-order chi connectivity index (χ1) is 16.9. The molecule has 0 aliphatic heterocycles. The van der Waals surface area contributed by atoms with Crippen LogP contribution in [-0.4, -0.2) is 37.4 Å². The molecule has 0 aliphatic rings. The Morgan fingerprint density at radius 3 is 2.20 bits per heavy atom. The van der Waals surface area contributed by atoms with Crippen molar-refractivity contribution in [2.45, 2.75) is 20.3 Å². The second kappa shape index (κ2) is 12.1. The molecule has 0 radical (unpaired) electrons. The first kappa shape index (κ1) is 25.2. The topological polar surface area (TPSA) is 96.7 Å². The average molecular weight is 471 g/mol. The van der Waals surface area contributed by atoms with Crippen molar-refractivity contribution >= 4 is 23.3 Å². The molecular weight excluding hydrogens is 444 g/mol. The van der Waals surface area contributed by atoms with Crippen LogP contribution in [0.5, 0.6) is 5.75 Å². The number of ether oxygens (including phenoxy) is 2. The lowest BCUT2D eigenvalue weighted by atomic mass is 9.98. The summed E-state index contributed by atoms with van der Waals surface area (Å²) in [5, 5.41) is 8.99. The summed E-state index contributed by atoms with van der Waals surface area (Å²) < 4.78 is 10.7. The van der Waals surface area contributed by atoms with Gasteiger partial charge in [-0.25, -0.2) is 4.79 Å². The number of nitrogens with zero attached hydrogens (tertiary/aromatic N) is 2. The maximum Gasteiger partial charge on any atom is 0.339 e. The number of carbonyl (C=O) groups excluding carboxylic acids is 3. The minimum atomic E-state index is -0.777. The molecule has 7 heteroatoms. The third-order valence-electron chi connectivity index (χ3n) is 5.24. The normalized spacial score (nSPS) is 10.2. The Hall–Kier alpha value is -4.44. The van der Waals surface area contributed by atoms with Gasteiger partial charge in [-0.1, -0.05) is 48.0 Å². The Kier molecular flexibility index (Phi) is 8.74. The van der Waals surface area contributed by atoms with Crippen LogP contribution >= 0.6 is 0 Å². The summed E-state index contributed by atoms with van der Waals surface area (Å²) in [7, 11) is 0. The molecule has 0 heterocycles. The van der Waals surface area contributed by atoms with Crippen LogP contribution in [0.25, 0.3) is 0 Å². The van der Waals surface area contributed by atoms with Crippen molar-refractivity contribution in [2.24, 2.45) is 0 Å². The first-order valence-corrected chi connectivity index (χ1v) is 11.2. The quantitative estimate of drug-likeness (QED) is 0.314. The van der Waals surface area contributed by atoms with Crippen LogP contribution in [0.4, 0.5) is 5.69 Å². The highest BCUT2D eigenvalue weighted by molar-refractivity contribution is 6.14. The molecule has 1 amide bonds. The zero-order chi connectivity index (χ0) is 25.2. The van der Waals surface area contributed by atoms with Gasteiger partial charge in [0.25, 0.3) is 5.91 Å². The van der Waals surface area contributed by atoms with Gasteiger partial charge in [-0.05, 0) is 44.2 Å². The van der Waals surface area contributed by atoms with Crippen molar-refractivity contribution < 1.29 is 23.9 Å². The van der Waals surface area contributed by atoms with Gasteiger partial charge in [0, 0.05) is 23.4 Å². The smallest absolute Gasteiger partial charge is 0.339 e. The molecule has 7 nitrogen and oxygen atoms in total. The maximum absolute atomic E-state index is 13.0. The standard InChI is InChI=1S/C28H26N2O5/c1-3-34-23-15-13-22(14-16-23)30(18-6-17-29)26(31)19-35-28(33)25-8-5-4-7-24(25)27(32)21-11-9-20(2)10-12-21/h4-5,7-16H,3,6,18-19H2,1-2H3. The van der Waals surface area contributed by atoms with E-state index in [2.05, 4.69) is 0 Å². The number of benzene rings is 3. The van der Waals surface area contributed by atoms with Crippen LogP contribution < -0.4 is 9.64 Å².